The maximum absolute atomic E-state index is 13.3. The van der Waals surface area contributed by atoms with Crippen LogP contribution in [0.25, 0.3) is 0 Å². The summed E-state index contributed by atoms with van der Waals surface area (Å²) in [4.78, 5) is 21.4. The zero-order valence-corrected chi connectivity index (χ0v) is 19.1. The third-order valence-electron chi connectivity index (χ3n) is 6.29. The molecule has 1 amide bonds. The van der Waals surface area contributed by atoms with Crippen LogP contribution in [0.5, 0.6) is 0 Å². The molecule has 3 aromatic carbocycles. The summed E-state index contributed by atoms with van der Waals surface area (Å²) in [5.74, 6) is 1.23. The van der Waals surface area contributed by atoms with Crippen LogP contribution in [0.2, 0.25) is 0 Å². The van der Waals surface area contributed by atoms with Crippen LogP contribution < -0.4 is 4.90 Å². The number of rotatable bonds is 5. The molecule has 0 spiro atoms. The summed E-state index contributed by atoms with van der Waals surface area (Å²) in [6, 6.07) is 27.4. The van der Waals surface area contributed by atoms with Gasteiger partial charge in [-0.3, -0.25) is 9.69 Å². The highest BCUT2D eigenvalue weighted by Gasteiger charge is 2.25. The molecule has 1 saturated heterocycles. The van der Waals surface area contributed by atoms with E-state index < -0.39 is 0 Å². The fraction of sp³-hybridized carbons (Fsp3) is 0.296. The first-order valence-electron chi connectivity index (χ1n) is 11.4. The Kier molecular flexibility index (Phi) is 6.46. The smallest absolute Gasteiger partial charge is 0.254 e. The predicted octanol–water partition coefficient (Wildman–Crippen LogP) is 4.76. The van der Waals surface area contributed by atoms with E-state index in [1.54, 1.807) is 0 Å². The summed E-state index contributed by atoms with van der Waals surface area (Å²) in [7, 11) is 0. The lowest BCUT2D eigenvalue weighted by Crippen LogP contribution is -2.48. The van der Waals surface area contributed by atoms with Crippen LogP contribution in [0.3, 0.4) is 0 Å². The number of amides is 1. The zero-order chi connectivity index (χ0) is 21.8. The Bertz CT molecular complexity index is 1050. The Morgan fingerprint density at radius 3 is 2.09 bits per heavy atom. The lowest BCUT2D eigenvalue weighted by molar-refractivity contribution is 0.0628. The normalized spacial score (nSPS) is 16.6. The highest BCUT2D eigenvalue weighted by molar-refractivity contribution is 7.99. The number of fused-ring (bicyclic) bond motifs is 1. The van der Waals surface area contributed by atoms with Crippen molar-refractivity contribution in [2.75, 3.05) is 43.4 Å². The second-order valence-electron chi connectivity index (χ2n) is 8.49. The first kappa shape index (κ1) is 21.1. The van der Waals surface area contributed by atoms with Crippen LogP contribution in [0, 0.1) is 0 Å². The lowest BCUT2D eigenvalue weighted by Gasteiger charge is -2.35. The summed E-state index contributed by atoms with van der Waals surface area (Å²) in [5.41, 5.74) is 4.63. The molecule has 0 aliphatic carbocycles. The highest BCUT2D eigenvalue weighted by atomic mass is 32.2. The summed E-state index contributed by atoms with van der Waals surface area (Å²) in [6.07, 6.45) is 0. The standard InChI is InChI=1S/C27H29N3OS/c31-27(29-15-13-28(14-16-29)20-22-7-3-1-4-8-22)24-11-12-26-25(19-24)30(17-18-32-26)21-23-9-5-2-6-10-23/h1-12,19H,13-18,20-21H2. The van der Waals surface area contributed by atoms with E-state index >= 15 is 0 Å². The molecule has 164 valence electrons. The molecule has 5 rings (SSSR count). The van der Waals surface area contributed by atoms with Crippen LogP contribution >= 0.6 is 11.8 Å². The van der Waals surface area contributed by atoms with Gasteiger partial charge in [0.15, 0.2) is 0 Å². The van der Waals surface area contributed by atoms with Gasteiger partial charge in [-0.25, -0.2) is 0 Å². The topological polar surface area (TPSA) is 26.8 Å². The summed E-state index contributed by atoms with van der Waals surface area (Å²) < 4.78 is 0. The van der Waals surface area contributed by atoms with Gasteiger partial charge in [-0.2, -0.15) is 0 Å². The molecule has 0 radical (unpaired) electrons. The average molecular weight is 444 g/mol. The van der Waals surface area contributed by atoms with E-state index in [9.17, 15) is 4.79 Å². The van der Waals surface area contributed by atoms with Crippen LogP contribution in [-0.2, 0) is 13.1 Å². The molecule has 2 aliphatic rings. The van der Waals surface area contributed by atoms with Gasteiger partial charge in [0.1, 0.15) is 0 Å². The molecule has 4 nitrogen and oxygen atoms in total. The number of piperazine rings is 1. The molecule has 0 unspecified atom stereocenters. The van der Waals surface area contributed by atoms with Crippen molar-refractivity contribution in [3.63, 3.8) is 0 Å². The van der Waals surface area contributed by atoms with Gasteiger partial charge in [0.05, 0.1) is 5.69 Å². The predicted molar refractivity (Wildman–Crippen MR) is 132 cm³/mol. The maximum atomic E-state index is 13.3. The Hall–Kier alpha value is -2.76. The van der Waals surface area contributed by atoms with E-state index in [1.165, 1.54) is 21.7 Å². The Morgan fingerprint density at radius 1 is 0.750 bits per heavy atom. The number of carbonyl (C=O) groups is 1. The number of thioether (sulfide) groups is 1. The molecular weight excluding hydrogens is 414 g/mol. The number of benzene rings is 3. The monoisotopic (exact) mass is 443 g/mol. The van der Waals surface area contributed by atoms with Crippen molar-refractivity contribution in [3.05, 3.63) is 95.6 Å². The van der Waals surface area contributed by atoms with Gasteiger partial charge < -0.3 is 9.80 Å². The molecule has 0 N–H and O–H groups in total. The van der Waals surface area contributed by atoms with Gasteiger partial charge >= 0.3 is 0 Å². The van der Waals surface area contributed by atoms with Crippen molar-refractivity contribution in [2.45, 2.75) is 18.0 Å². The number of nitrogens with zero attached hydrogens (tertiary/aromatic N) is 3. The molecule has 1 fully saturated rings. The van der Waals surface area contributed by atoms with Crippen LogP contribution in [0.15, 0.2) is 83.8 Å². The zero-order valence-electron chi connectivity index (χ0n) is 18.3. The quantitative estimate of drug-likeness (QED) is 0.568. The minimum Gasteiger partial charge on any atom is -0.365 e. The van der Waals surface area contributed by atoms with Gasteiger partial charge in [-0.1, -0.05) is 60.7 Å². The Labute approximate surface area is 194 Å². The fourth-order valence-corrected chi connectivity index (χ4v) is 5.54. The number of anilines is 1. The summed E-state index contributed by atoms with van der Waals surface area (Å²) >= 11 is 1.89. The first-order chi connectivity index (χ1) is 15.8. The van der Waals surface area contributed by atoms with Crippen molar-refractivity contribution in [3.8, 4) is 0 Å². The van der Waals surface area contributed by atoms with E-state index in [4.69, 9.17) is 0 Å². The van der Waals surface area contributed by atoms with E-state index in [1.807, 2.05) is 22.7 Å². The highest BCUT2D eigenvalue weighted by Crippen LogP contribution is 2.36. The molecule has 3 aromatic rings. The van der Waals surface area contributed by atoms with Crippen LogP contribution in [0.1, 0.15) is 21.5 Å². The fourth-order valence-electron chi connectivity index (χ4n) is 4.51. The van der Waals surface area contributed by atoms with Gasteiger partial charge in [0.2, 0.25) is 0 Å². The van der Waals surface area contributed by atoms with E-state index in [0.717, 1.165) is 57.1 Å². The van der Waals surface area contributed by atoms with Crippen molar-refractivity contribution in [1.82, 2.24) is 9.80 Å². The third-order valence-corrected chi connectivity index (χ3v) is 7.33. The summed E-state index contributed by atoms with van der Waals surface area (Å²) in [5, 5.41) is 0. The Balaban J connectivity index is 1.25. The number of carbonyl (C=O) groups excluding carboxylic acids is 1. The van der Waals surface area contributed by atoms with Crippen LogP contribution in [0.4, 0.5) is 5.69 Å². The second kappa shape index (κ2) is 9.80. The van der Waals surface area contributed by atoms with Crippen molar-refractivity contribution in [2.24, 2.45) is 0 Å². The first-order valence-corrected chi connectivity index (χ1v) is 12.4. The molecule has 32 heavy (non-hydrogen) atoms. The molecule has 2 heterocycles. The molecule has 0 atom stereocenters. The molecule has 0 aromatic heterocycles. The van der Waals surface area contributed by atoms with Gasteiger partial charge in [-0.15, -0.1) is 11.8 Å². The summed E-state index contributed by atoms with van der Waals surface area (Å²) in [6.45, 7) is 6.24. The van der Waals surface area contributed by atoms with Crippen molar-refractivity contribution >= 4 is 23.4 Å². The average Bonchev–Trinajstić information content (AvgIpc) is 2.85. The van der Waals surface area contributed by atoms with E-state index in [-0.39, 0.29) is 5.91 Å². The Morgan fingerprint density at radius 2 is 1.41 bits per heavy atom. The van der Waals surface area contributed by atoms with E-state index in [2.05, 4.69) is 82.6 Å². The minimum absolute atomic E-state index is 0.155. The number of hydrogen-bond acceptors (Lipinski definition) is 4. The second-order valence-corrected chi connectivity index (χ2v) is 9.63. The van der Waals surface area contributed by atoms with Crippen LogP contribution in [-0.4, -0.2) is 54.2 Å². The largest absolute Gasteiger partial charge is 0.365 e. The molecule has 2 aliphatic heterocycles. The molecule has 0 saturated carbocycles. The number of hydrogen-bond donors (Lipinski definition) is 0. The van der Waals surface area contributed by atoms with Crippen molar-refractivity contribution < 1.29 is 4.79 Å². The minimum atomic E-state index is 0.155. The third kappa shape index (κ3) is 4.84. The van der Waals surface area contributed by atoms with Crippen molar-refractivity contribution in [1.29, 1.82) is 0 Å². The molecular formula is C27H29N3OS. The lowest BCUT2D eigenvalue weighted by atomic mass is 10.1. The van der Waals surface area contributed by atoms with Gasteiger partial charge in [-0.05, 0) is 29.3 Å². The maximum Gasteiger partial charge on any atom is 0.254 e. The molecule has 5 heteroatoms. The molecule has 0 bridgehead atoms. The van der Waals surface area contributed by atoms with E-state index in [0.29, 0.717) is 0 Å². The SMILES string of the molecule is O=C(c1ccc2c(c1)N(Cc1ccccc1)CCS2)N1CCN(Cc2ccccc2)CC1. The van der Waals surface area contributed by atoms with Gasteiger partial charge in [0.25, 0.3) is 5.91 Å². The van der Waals surface area contributed by atoms with Gasteiger partial charge in [0, 0.05) is 62.0 Å².